The van der Waals surface area contributed by atoms with E-state index in [-0.39, 0.29) is 121 Å². The zero-order valence-corrected chi connectivity index (χ0v) is 26.6. The van der Waals surface area contributed by atoms with E-state index < -0.39 is 23.8 Å². The Hall–Kier alpha value is 1.57. The molecule has 31 heavy (non-hydrogen) atoms. The Morgan fingerprint density at radius 2 is 1.65 bits per heavy atom. The number of benzene rings is 2. The summed E-state index contributed by atoms with van der Waals surface area (Å²) in [4.78, 5) is 10.6. The minimum absolute atomic E-state index is 0. The van der Waals surface area contributed by atoms with Crippen LogP contribution in [0, 0.1) is 0 Å². The molecule has 0 radical (unpaired) electrons. The van der Waals surface area contributed by atoms with Crippen molar-refractivity contribution >= 4 is 18.4 Å². The van der Waals surface area contributed by atoms with Crippen molar-refractivity contribution in [2.45, 2.75) is 50.9 Å². The van der Waals surface area contributed by atoms with Crippen LogP contribution < -0.4 is 112 Å². The molecular formula is C20H25K2O7PS. The van der Waals surface area contributed by atoms with Crippen LogP contribution in [0.1, 0.15) is 44.7 Å². The molecule has 0 aliphatic rings. The zero-order chi connectivity index (χ0) is 21.7. The van der Waals surface area contributed by atoms with Crippen LogP contribution in [0.4, 0.5) is 0 Å². The van der Waals surface area contributed by atoms with E-state index >= 15 is 0 Å². The Kier molecular flexibility index (Phi) is 15.6. The van der Waals surface area contributed by atoms with Crippen molar-refractivity contribution in [2.24, 2.45) is 0 Å². The Balaban J connectivity index is 0.00000450. The number of hydrogen-bond acceptors (Lipinski definition) is 7. The molecule has 0 saturated heterocycles. The standard InChI is InChI=1S/C20H27O7PS.2K/c1-20(2,3)16-10-12-17(13-11-16)26-18-8-4-6-15(14-18)7-5-9-19(27-28(21)22)29(23,24)25;;/h4,6,8,10-14,19,28H,5,7,9H2,1-3H3,(H,21,22)(H,23,24,25);;/q;2*+1/p-2. The van der Waals surface area contributed by atoms with Gasteiger partial charge in [-0.15, -0.1) is 0 Å². The van der Waals surface area contributed by atoms with Gasteiger partial charge < -0.3 is 23.3 Å². The molecule has 0 heterocycles. The van der Waals surface area contributed by atoms with Gasteiger partial charge in [-0.3, -0.25) is 0 Å². The van der Waals surface area contributed by atoms with Gasteiger partial charge in [0.2, 0.25) is 0 Å². The Bertz CT molecular complexity index is 945. The van der Waals surface area contributed by atoms with Crippen LogP contribution in [-0.2, 0) is 31.0 Å². The van der Waals surface area contributed by atoms with E-state index in [1.807, 2.05) is 42.5 Å². The van der Waals surface area contributed by atoms with E-state index in [1.54, 1.807) is 6.07 Å². The summed E-state index contributed by atoms with van der Waals surface area (Å²) in [6, 6.07) is 15.1. The fourth-order valence-electron chi connectivity index (χ4n) is 2.77. The summed E-state index contributed by atoms with van der Waals surface area (Å²) in [7, 11) is -8.61. The molecule has 0 amide bonds. The first-order chi connectivity index (χ1) is 13.4. The molecule has 0 spiro atoms. The molecular weight excluding hydrogens is 493 g/mol. The normalized spacial score (nSPS) is 13.5. The summed E-state index contributed by atoms with van der Waals surface area (Å²) in [5.74, 6) is 1.32. The van der Waals surface area contributed by atoms with E-state index in [0.717, 1.165) is 5.56 Å². The van der Waals surface area contributed by atoms with Crippen molar-refractivity contribution in [3.63, 3.8) is 0 Å². The largest absolute Gasteiger partial charge is 1.00 e. The maximum Gasteiger partial charge on any atom is 1.00 e. The van der Waals surface area contributed by atoms with Crippen LogP contribution in [0.5, 0.6) is 11.5 Å². The quantitative estimate of drug-likeness (QED) is 0.209. The Labute approximate surface area is 270 Å². The topological polar surface area (TPSA) is 116 Å². The van der Waals surface area contributed by atoms with Crippen LogP contribution in [0.2, 0.25) is 0 Å². The third-order valence-corrected chi connectivity index (χ3v) is 5.93. The van der Waals surface area contributed by atoms with E-state index in [0.29, 0.717) is 17.9 Å². The third kappa shape index (κ3) is 12.2. The predicted molar refractivity (Wildman–Crippen MR) is 108 cm³/mol. The molecule has 0 aliphatic carbocycles. The summed E-state index contributed by atoms with van der Waals surface area (Å²) in [5, 5.41) is 0. The first kappa shape index (κ1) is 32.6. The molecule has 2 rings (SSSR count). The fraction of sp³-hybridized carbons (Fsp3) is 0.400. The van der Waals surface area contributed by atoms with Crippen LogP contribution in [0.15, 0.2) is 48.5 Å². The number of hydrogen-bond donors (Lipinski definition) is 0. The van der Waals surface area contributed by atoms with Crippen LogP contribution in [-0.4, -0.2) is 18.4 Å². The molecule has 2 aromatic carbocycles. The van der Waals surface area contributed by atoms with Crippen molar-refractivity contribution in [1.82, 2.24) is 0 Å². The molecule has 160 valence electrons. The van der Waals surface area contributed by atoms with Gasteiger partial charge in [-0.1, -0.05) is 45.0 Å². The maximum absolute atomic E-state index is 11.1. The molecule has 0 aliphatic heterocycles. The van der Waals surface area contributed by atoms with Crippen molar-refractivity contribution < 1.29 is 134 Å². The first-order valence-corrected chi connectivity index (χ1v) is 11.8. The summed E-state index contributed by atoms with van der Waals surface area (Å²) < 4.78 is 54.0. The van der Waals surface area contributed by atoms with Crippen molar-refractivity contribution in [3.8, 4) is 11.5 Å². The maximum atomic E-state index is 11.1. The second-order valence-corrected chi connectivity index (χ2v) is 9.95. The molecule has 0 aromatic heterocycles. The molecule has 2 unspecified atom stereocenters. The minimum Gasteiger partial charge on any atom is -0.781 e. The number of rotatable bonds is 9. The predicted octanol–water partition coefficient (Wildman–Crippen LogP) is -2.25. The summed E-state index contributed by atoms with van der Waals surface area (Å²) in [5.41, 5.74) is 0.236. The molecule has 2 atom stereocenters. The van der Waals surface area contributed by atoms with Gasteiger partial charge in [-0.05, 0) is 60.1 Å². The second kappa shape index (κ2) is 14.9. The molecule has 2 aromatic rings. The van der Waals surface area contributed by atoms with Gasteiger partial charge in [0, 0.05) is 0 Å². The van der Waals surface area contributed by atoms with Crippen LogP contribution >= 0.6 is 8.25 Å². The number of aryl methyl sites for hydroxylation is 1. The van der Waals surface area contributed by atoms with Crippen molar-refractivity contribution in [3.05, 3.63) is 59.7 Å². The Morgan fingerprint density at radius 3 is 2.16 bits per heavy atom. The SMILES string of the molecule is CC(C)(C)c1ccc(Oc2cccc(CCCC(O[PH](=O)[O-])S(=O)(=O)[O-])c2)cc1.[K+].[K+]. The van der Waals surface area contributed by atoms with Gasteiger partial charge in [0.1, 0.15) is 29.9 Å². The van der Waals surface area contributed by atoms with E-state index in [2.05, 4.69) is 25.3 Å². The van der Waals surface area contributed by atoms with Crippen LogP contribution in [0.25, 0.3) is 0 Å². The fourth-order valence-corrected chi connectivity index (χ4v) is 4.26. The van der Waals surface area contributed by atoms with E-state index in [4.69, 9.17) is 4.74 Å². The zero-order valence-electron chi connectivity index (χ0n) is 18.6. The van der Waals surface area contributed by atoms with Gasteiger partial charge in [0.25, 0.3) is 0 Å². The van der Waals surface area contributed by atoms with E-state index in [1.165, 1.54) is 5.56 Å². The van der Waals surface area contributed by atoms with Crippen LogP contribution in [0.3, 0.4) is 0 Å². The average molecular weight is 519 g/mol. The van der Waals surface area contributed by atoms with Gasteiger partial charge in [0.05, 0.1) is 0 Å². The van der Waals surface area contributed by atoms with Gasteiger partial charge in [-0.2, -0.15) is 0 Å². The van der Waals surface area contributed by atoms with Gasteiger partial charge in [-0.25, -0.2) is 8.42 Å². The van der Waals surface area contributed by atoms with Gasteiger partial charge in [0.15, 0.2) is 5.44 Å². The van der Waals surface area contributed by atoms with Crippen molar-refractivity contribution in [2.75, 3.05) is 0 Å². The van der Waals surface area contributed by atoms with Gasteiger partial charge >= 0.3 is 103 Å². The minimum atomic E-state index is -4.85. The summed E-state index contributed by atoms with van der Waals surface area (Å²) in [6.45, 7) is 6.40. The van der Waals surface area contributed by atoms with E-state index in [9.17, 15) is 22.4 Å². The second-order valence-electron chi connectivity index (χ2n) is 7.71. The number of ether oxygens (including phenoxy) is 1. The average Bonchev–Trinajstić information content (AvgIpc) is 2.60. The molecule has 0 bridgehead atoms. The Morgan fingerprint density at radius 1 is 1.03 bits per heavy atom. The monoisotopic (exact) mass is 518 g/mol. The molecule has 11 heteroatoms. The first-order valence-electron chi connectivity index (χ1n) is 9.15. The van der Waals surface area contributed by atoms with Crippen molar-refractivity contribution in [1.29, 1.82) is 0 Å². The molecule has 0 fully saturated rings. The smallest absolute Gasteiger partial charge is 0.781 e. The molecule has 0 saturated carbocycles. The summed E-state index contributed by atoms with van der Waals surface area (Å²) >= 11 is 0. The molecule has 7 nitrogen and oxygen atoms in total. The third-order valence-electron chi connectivity index (χ3n) is 4.31. The molecule has 0 N–H and O–H groups in total. The summed E-state index contributed by atoms with van der Waals surface area (Å²) in [6.07, 6.45) is 0.504.